The Bertz CT molecular complexity index is 2780. The summed E-state index contributed by atoms with van der Waals surface area (Å²) in [6.07, 6.45) is 4.13. The fraction of sp³-hybridized carbons (Fsp3) is 0.0444. The van der Waals surface area contributed by atoms with Crippen molar-refractivity contribution in [3.63, 3.8) is 0 Å². The highest BCUT2D eigenvalue weighted by Crippen LogP contribution is 2.42. The highest BCUT2D eigenvalue weighted by atomic mass is 16.3. The van der Waals surface area contributed by atoms with E-state index in [0.717, 1.165) is 68.2 Å². The smallest absolute Gasteiger partial charge is 0.164 e. The van der Waals surface area contributed by atoms with E-state index in [9.17, 15) is 0 Å². The molecular weight excluding hydrogens is 599 g/mol. The molecule has 0 aliphatic heterocycles. The van der Waals surface area contributed by atoms with Crippen molar-refractivity contribution in [2.75, 3.05) is 0 Å². The van der Waals surface area contributed by atoms with Gasteiger partial charge in [-0.2, -0.15) is 0 Å². The Hall–Kier alpha value is -6.39. The monoisotopic (exact) mass is 627 g/mol. The quantitative estimate of drug-likeness (QED) is 0.182. The van der Waals surface area contributed by atoms with E-state index in [1.54, 1.807) is 0 Å². The molecule has 0 saturated heterocycles. The predicted octanol–water partition coefficient (Wildman–Crippen LogP) is 11.5. The molecule has 230 valence electrons. The molecule has 49 heavy (non-hydrogen) atoms. The van der Waals surface area contributed by atoms with Crippen molar-refractivity contribution >= 4 is 48.9 Å². The van der Waals surface area contributed by atoms with Gasteiger partial charge in [0.05, 0.1) is 0 Å². The van der Waals surface area contributed by atoms with Crippen LogP contribution in [0.15, 0.2) is 156 Å². The molecule has 7 aromatic carbocycles. The fourth-order valence-electron chi connectivity index (χ4n) is 7.41. The van der Waals surface area contributed by atoms with Gasteiger partial charge in [-0.15, -0.1) is 0 Å². The first kappa shape index (κ1) is 27.7. The first-order chi connectivity index (χ1) is 24.3. The Kier molecular flexibility index (Phi) is 6.28. The zero-order valence-electron chi connectivity index (χ0n) is 26.6. The third kappa shape index (κ3) is 4.64. The van der Waals surface area contributed by atoms with E-state index in [4.69, 9.17) is 19.4 Å². The van der Waals surface area contributed by atoms with Crippen LogP contribution in [0.5, 0.6) is 0 Å². The van der Waals surface area contributed by atoms with E-state index in [0.29, 0.717) is 17.5 Å². The van der Waals surface area contributed by atoms with Crippen molar-refractivity contribution < 1.29 is 4.42 Å². The summed E-state index contributed by atoms with van der Waals surface area (Å²) < 4.78 is 6.64. The lowest BCUT2D eigenvalue weighted by Gasteiger charge is -2.14. The van der Waals surface area contributed by atoms with Gasteiger partial charge in [0.2, 0.25) is 0 Å². The van der Waals surface area contributed by atoms with Crippen LogP contribution in [0.2, 0.25) is 0 Å². The van der Waals surface area contributed by atoms with E-state index >= 15 is 0 Å². The van der Waals surface area contributed by atoms with E-state index in [2.05, 4.69) is 140 Å². The minimum absolute atomic E-state index is 0.636. The SMILES string of the molecule is C1=C(c2ccccc2)c2oc3cccc(-c4nc(-c5ccc6ccccc6c5)nc(-c5ccc6c(ccc7ccccc76)c5)n4)c3c2CC1. The molecule has 9 aromatic rings. The summed E-state index contributed by atoms with van der Waals surface area (Å²) in [5, 5.41) is 8.22. The second-order valence-corrected chi connectivity index (χ2v) is 12.7. The minimum atomic E-state index is 0.636. The van der Waals surface area contributed by atoms with Gasteiger partial charge in [-0.3, -0.25) is 0 Å². The Morgan fingerprint density at radius 3 is 1.98 bits per heavy atom. The standard InChI is InChI=1S/C45H29N3O/c1-2-11-29(12-3-1)37-16-8-17-38-41-39(18-9-19-40(41)49-42(37)38)45-47-43(33-23-20-28-10-4-5-14-31(28)26-33)46-44(48-45)34-24-25-36-32(27-34)22-21-30-13-6-7-15-35(30)36/h1-7,9-16,18-27H,8,17H2. The summed E-state index contributed by atoms with van der Waals surface area (Å²) in [4.78, 5) is 15.5. The summed E-state index contributed by atoms with van der Waals surface area (Å²) in [6.45, 7) is 0. The Labute approximate surface area is 283 Å². The molecule has 0 radical (unpaired) electrons. The Morgan fingerprint density at radius 2 is 1.12 bits per heavy atom. The van der Waals surface area contributed by atoms with Crippen LogP contribution in [0.1, 0.15) is 23.3 Å². The molecule has 4 nitrogen and oxygen atoms in total. The van der Waals surface area contributed by atoms with Crippen LogP contribution < -0.4 is 0 Å². The topological polar surface area (TPSA) is 51.8 Å². The van der Waals surface area contributed by atoms with Gasteiger partial charge < -0.3 is 4.42 Å². The molecule has 0 spiro atoms. The molecule has 0 amide bonds. The third-order valence-electron chi connectivity index (χ3n) is 9.77. The maximum atomic E-state index is 6.64. The number of aryl methyl sites for hydroxylation is 1. The van der Waals surface area contributed by atoms with Crippen molar-refractivity contribution in [3.05, 3.63) is 169 Å². The second kappa shape index (κ2) is 11.1. The van der Waals surface area contributed by atoms with Crippen LogP contribution in [0, 0.1) is 0 Å². The van der Waals surface area contributed by atoms with Gasteiger partial charge in [-0.25, -0.2) is 15.0 Å². The molecule has 0 N–H and O–H groups in total. The van der Waals surface area contributed by atoms with E-state index in [1.807, 2.05) is 12.1 Å². The van der Waals surface area contributed by atoms with Gasteiger partial charge in [0.25, 0.3) is 0 Å². The van der Waals surface area contributed by atoms with E-state index in [-0.39, 0.29) is 0 Å². The minimum Gasteiger partial charge on any atom is -0.456 e. The first-order valence-electron chi connectivity index (χ1n) is 16.7. The van der Waals surface area contributed by atoms with Crippen molar-refractivity contribution in [1.29, 1.82) is 0 Å². The normalized spacial score (nSPS) is 12.9. The predicted molar refractivity (Wildman–Crippen MR) is 200 cm³/mol. The molecule has 0 unspecified atom stereocenters. The summed E-state index contributed by atoms with van der Waals surface area (Å²) >= 11 is 0. The summed E-state index contributed by atoms with van der Waals surface area (Å²) in [5.74, 6) is 2.86. The second-order valence-electron chi connectivity index (χ2n) is 12.7. The van der Waals surface area contributed by atoms with E-state index < -0.39 is 0 Å². The molecule has 0 fully saturated rings. The van der Waals surface area contributed by atoms with Crippen LogP contribution in [0.25, 0.3) is 83.0 Å². The lowest BCUT2D eigenvalue weighted by atomic mass is 9.90. The lowest BCUT2D eigenvalue weighted by Crippen LogP contribution is -2.02. The molecule has 0 bridgehead atoms. The average Bonchev–Trinajstić information content (AvgIpc) is 3.57. The Balaban J connectivity index is 1.19. The van der Waals surface area contributed by atoms with Gasteiger partial charge in [0, 0.05) is 33.2 Å². The average molecular weight is 628 g/mol. The number of benzene rings is 7. The number of allylic oxidation sites excluding steroid dienone is 1. The third-order valence-corrected chi connectivity index (χ3v) is 9.77. The van der Waals surface area contributed by atoms with Crippen LogP contribution >= 0.6 is 0 Å². The zero-order valence-corrected chi connectivity index (χ0v) is 26.6. The van der Waals surface area contributed by atoms with Gasteiger partial charge >= 0.3 is 0 Å². The van der Waals surface area contributed by atoms with Gasteiger partial charge in [0.1, 0.15) is 11.3 Å². The highest BCUT2D eigenvalue weighted by Gasteiger charge is 2.25. The zero-order chi connectivity index (χ0) is 32.3. The largest absolute Gasteiger partial charge is 0.456 e. The number of aromatic nitrogens is 3. The van der Waals surface area contributed by atoms with Gasteiger partial charge in [-0.1, -0.05) is 133 Å². The van der Waals surface area contributed by atoms with Crippen LogP contribution in [-0.4, -0.2) is 15.0 Å². The lowest BCUT2D eigenvalue weighted by molar-refractivity contribution is 0.591. The number of furan rings is 1. The highest BCUT2D eigenvalue weighted by molar-refractivity contribution is 6.08. The Morgan fingerprint density at radius 1 is 0.469 bits per heavy atom. The molecule has 1 aliphatic rings. The maximum Gasteiger partial charge on any atom is 0.164 e. The maximum absolute atomic E-state index is 6.64. The van der Waals surface area contributed by atoms with Crippen molar-refractivity contribution in [2.24, 2.45) is 0 Å². The molecule has 10 rings (SSSR count). The molecule has 4 heteroatoms. The molecule has 1 aliphatic carbocycles. The van der Waals surface area contributed by atoms with Crippen LogP contribution in [-0.2, 0) is 6.42 Å². The number of fused-ring (bicyclic) bond motifs is 7. The van der Waals surface area contributed by atoms with Crippen molar-refractivity contribution in [1.82, 2.24) is 15.0 Å². The van der Waals surface area contributed by atoms with E-state index in [1.165, 1.54) is 27.1 Å². The van der Waals surface area contributed by atoms with Crippen molar-refractivity contribution in [3.8, 4) is 34.2 Å². The summed E-state index contributed by atoms with van der Waals surface area (Å²) in [6, 6.07) is 50.9. The molecule has 0 atom stereocenters. The van der Waals surface area contributed by atoms with Crippen LogP contribution in [0.4, 0.5) is 0 Å². The summed E-state index contributed by atoms with van der Waals surface area (Å²) in [7, 11) is 0. The molecule has 2 heterocycles. The number of hydrogen-bond acceptors (Lipinski definition) is 4. The van der Waals surface area contributed by atoms with Gasteiger partial charge in [0.15, 0.2) is 17.5 Å². The number of rotatable bonds is 4. The summed E-state index contributed by atoms with van der Waals surface area (Å²) in [5.41, 5.74) is 7.20. The fourth-order valence-corrected chi connectivity index (χ4v) is 7.41. The number of nitrogens with zero attached hydrogens (tertiary/aromatic N) is 3. The van der Waals surface area contributed by atoms with Gasteiger partial charge in [-0.05, 0) is 68.9 Å². The molecular formula is C45H29N3O. The first-order valence-corrected chi connectivity index (χ1v) is 16.7. The molecule has 0 saturated carbocycles. The van der Waals surface area contributed by atoms with Crippen molar-refractivity contribution in [2.45, 2.75) is 12.8 Å². The van der Waals surface area contributed by atoms with Crippen LogP contribution in [0.3, 0.4) is 0 Å². The number of hydrogen-bond donors (Lipinski definition) is 0. The molecule has 2 aromatic heterocycles.